The minimum Gasteiger partial charge on any atom is -0.465 e. The van der Waals surface area contributed by atoms with Gasteiger partial charge in [-0.3, -0.25) is 4.79 Å². The van der Waals surface area contributed by atoms with Gasteiger partial charge in [-0.1, -0.05) is 20.8 Å². The molecule has 0 saturated carbocycles. The van der Waals surface area contributed by atoms with E-state index in [0.717, 1.165) is 0 Å². The molecule has 100 valence electrons. The Labute approximate surface area is 103 Å². The molecule has 0 aliphatic carbocycles. The summed E-state index contributed by atoms with van der Waals surface area (Å²) in [5, 5.41) is 10.6. The van der Waals surface area contributed by atoms with Crippen molar-refractivity contribution in [3.63, 3.8) is 0 Å². The highest BCUT2D eigenvalue weighted by molar-refractivity contribution is 6.74. The lowest BCUT2D eigenvalue weighted by atomic mass is 10.2. The predicted octanol–water partition coefficient (Wildman–Crippen LogP) is 1.13. The van der Waals surface area contributed by atoms with Crippen LogP contribution in [0.2, 0.25) is 18.1 Å². The van der Waals surface area contributed by atoms with Crippen LogP contribution in [0.5, 0.6) is 0 Å². The van der Waals surface area contributed by atoms with E-state index in [1.807, 2.05) is 18.4 Å². The number of rotatable bonds is 5. The van der Waals surface area contributed by atoms with E-state index in [1.165, 1.54) is 0 Å². The molecule has 1 atom stereocenters. The summed E-state index contributed by atoms with van der Waals surface area (Å²) < 4.78 is 5.73. The second-order valence-electron chi connectivity index (χ2n) is 5.48. The maximum absolute atomic E-state index is 11.0. The standard InChI is InChI=1S/C10H22N2O4Si/c1-10(2,3)17(4,5)16-6-7(8(11)13)12-9(14)15/h7,12H,6H2,1-5H3,(H2,11,13)(H,14,15). The normalized spacial score (nSPS) is 14.2. The van der Waals surface area contributed by atoms with Crippen molar-refractivity contribution in [1.82, 2.24) is 5.32 Å². The first-order valence-electron chi connectivity index (χ1n) is 5.40. The number of primary amides is 1. The number of nitrogens with two attached hydrogens (primary N) is 1. The van der Waals surface area contributed by atoms with Gasteiger partial charge in [0.05, 0.1) is 6.61 Å². The van der Waals surface area contributed by atoms with Crippen molar-refractivity contribution in [2.75, 3.05) is 6.61 Å². The first kappa shape index (κ1) is 15.9. The van der Waals surface area contributed by atoms with Gasteiger partial charge in [0.2, 0.25) is 5.91 Å². The van der Waals surface area contributed by atoms with Crippen molar-refractivity contribution in [2.45, 2.75) is 44.9 Å². The summed E-state index contributed by atoms with van der Waals surface area (Å²) in [7, 11) is -2.01. The second kappa shape index (κ2) is 5.50. The van der Waals surface area contributed by atoms with Crippen LogP contribution in [0.25, 0.3) is 0 Å². The molecule has 0 rings (SSSR count). The maximum Gasteiger partial charge on any atom is 0.405 e. The number of amides is 2. The van der Waals surface area contributed by atoms with E-state index in [1.54, 1.807) is 0 Å². The zero-order chi connectivity index (χ0) is 13.9. The number of hydrogen-bond donors (Lipinski definition) is 3. The highest BCUT2D eigenvalue weighted by Gasteiger charge is 2.38. The summed E-state index contributed by atoms with van der Waals surface area (Å²) in [5.41, 5.74) is 5.09. The quantitative estimate of drug-likeness (QED) is 0.646. The van der Waals surface area contributed by atoms with Crippen LogP contribution in [0.3, 0.4) is 0 Å². The molecular formula is C10H22N2O4Si. The third-order valence-electron chi connectivity index (χ3n) is 3.06. The first-order valence-corrected chi connectivity index (χ1v) is 8.31. The van der Waals surface area contributed by atoms with Crippen molar-refractivity contribution in [1.29, 1.82) is 0 Å². The Balaban J connectivity index is 4.51. The minimum atomic E-state index is -2.01. The molecule has 0 aliphatic rings. The van der Waals surface area contributed by atoms with Gasteiger partial charge in [0.1, 0.15) is 6.04 Å². The van der Waals surface area contributed by atoms with Gasteiger partial charge in [0.25, 0.3) is 0 Å². The Hall–Kier alpha value is -1.08. The summed E-state index contributed by atoms with van der Waals surface area (Å²) in [6, 6.07) is -0.998. The Bertz CT molecular complexity index is 299. The average molecular weight is 262 g/mol. The minimum absolute atomic E-state index is 0.00157. The van der Waals surface area contributed by atoms with Crippen molar-refractivity contribution >= 4 is 20.3 Å². The molecule has 0 heterocycles. The van der Waals surface area contributed by atoms with Gasteiger partial charge < -0.3 is 20.6 Å². The van der Waals surface area contributed by atoms with Crippen LogP contribution in [0.1, 0.15) is 20.8 Å². The van der Waals surface area contributed by atoms with Crippen LogP contribution < -0.4 is 11.1 Å². The molecule has 1 unspecified atom stereocenters. The monoisotopic (exact) mass is 262 g/mol. The predicted molar refractivity (Wildman–Crippen MR) is 67.3 cm³/mol. The zero-order valence-corrected chi connectivity index (χ0v) is 12.0. The lowest BCUT2D eigenvalue weighted by Crippen LogP contribution is -2.51. The molecule has 0 saturated heterocycles. The highest BCUT2D eigenvalue weighted by atomic mass is 28.4. The van der Waals surface area contributed by atoms with E-state index in [4.69, 9.17) is 15.3 Å². The zero-order valence-electron chi connectivity index (χ0n) is 11.0. The molecule has 0 radical (unpaired) electrons. The van der Waals surface area contributed by atoms with Crippen LogP contribution in [0, 0.1) is 0 Å². The summed E-state index contributed by atoms with van der Waals surface area (Å²) in [4.78, 5) is 21.5. The molecule has 0 aromatic heterocycles. The lowest BCUT2D eigenvalue weighted by molar-refractivity contribution is -0.120. The molecular weight excluding hydrogens is 240 g/mol. The number of hydrogen-bond acceptors (Lipinski definition) is 3. The maximum atomic E-state index is 11.0. The SMILES string of the molecule is CC(C)(C)[Si](C)(C)OCC(NC(=O)O)C(N)=O. The van der Waals surface area contributed by atoms with Crippen molar-refractivity contribution < 1.29 is 19.1 Å². The van der Waals surface area contributed by atoms with Crippen LogP contribution in [-0.4, -0.2) is 38.1 Å². The van der Waals surface area contributed by atoms with Gasteiger partial charge in [0, 0.05) is 0 Å². The molecule has 0 aromatic rings. The van der Waals surface area contributed by atoms with E-state index in [2.05, 4.69) is 20.8 Å². The van der Waals surface area contributed by atoms with Crippen molar-refractivity contribution in [3.8, 4) is 0 Å². The van der Waals surface area contributed by atoms with Gasteiger partial charge in [0.15, 0.2) is 8.32 Å². The molecule has 4 N–H and O–H groups in total. The smallest absolute Gasteiger partial charge is 0.405 e. The summed E-state index contributed by atoms with van der Waals surface area (Å²) in [6.45, 7) is 10.2. The molecule has 17 heavy (non-hydrogen) atoms. The number of carboxylic acid groups (broad SMARTS) is 1. The molecule has 7 heteroatoms. The number of carbonyl (C=O) groups is 2. The van der Waals surface area contributed by atoms with E-state index < -0.39 is 26.4 Å². The van der Waals surface area contributed by atoms with E-state index in [-0.39, 0.29) is 11.6 Å². The molecule has 0 aromatic carbocycles. The molecule has 0 spiro atoms. The van der Waals surface area contributed by atoms with E-state index in [9.17, 15) is 9.59 Å². The summed E-state index contributed by atoms with van der Waals surface area (Å²) in [6.07, 6.45) is -1.28. The fraction of sp³-hybridized carbons (Fsp3) is 0.800. The van der Waals surface area contributed by atoms with E-state index in [0.29, 0.717) is 0 Å². The van der Waals surface area contributed by atoms with Crippen molar-refractivity contribution in [2.24, 2.45) is 5.73 Å². The third kappa shape index (κ3) is 5.18. The van der Waals surface area contributed by atoms with E-state index >= 15 is 0 Å². The van der Waals surface area contributed by atoms with Crippen LogP contribution in [0.15, 0.2) is 0 Å². The largest absolute Gasteiger partial charge is 0.465 e. The first-order chi connectivity index (χ1) is 7.47. The van der Waals surface area contributed by atoms with Crippen LogP contribution >= 0.6 is 0 Å². The van der Waals surface area contributed by atoms with Gasteiger partial charge in [-0.2, -0.15) is 0 Å². The molecule has 0 fully saturated rings. The molecule has 2 amide bonds. The third-order valence-corrected chi connectivity index (χ3v) is 7.56. The van der Waals surface area contributed by atoms with Crippen LogP contribution in [-0.2, 0) is 9.22 Å². The topological polar surface area (TPSA) is 102 Å². The second-order valence-corrected chi connectivity index (χ2v) is 10.3. The Morgan fingerprint density at radius 1 is 1.41 bits per heavy atom. The summed E-state index contributed by atoms with van der Waals surface area (Å²) in [5.74, 6) is -0.730. The molecule has 0 bridgehead atoms. The summed E-state index contributed by atoms with van der Waals surface area (Å²) >= 11 is 0. The Kier molecular flexibility index (Phi) is 5.15. The number of nitrogens with one attached hydrogen (secondary N) is 1. The average Bonchev–Trinajstić information content (AvgIpc) is 2.09. The van der Waals surface area contributed by atoms with Gasteiger partial charge in [-0.15, -0.1) is 0 Å². The highest BCUT2D eigenvalue weighted by Crippen LogP contribution is 2.36. The molecule has 0 aliphatic heterocycles. The van der Waals surface area contributed by atoms with Gasteiger partial charge in [-0.05, 0) is 18.1 Å². The lowest BCUT2D eigenvalue weighted by Gasteiger charge is -2.36. The fourth-order valence-electron chi connectivity index (χ4n) is 0.852. The molecule has 6 nitrogen and oxygen atoms in total. The van der Waals surface area contributed by atoms with Gasteiger partial charge in [-0.25, -0.2) is 4.79 Å². The Morgan fingerprint density at radius 3 is 2.18 bits per heavy atom. The number of carbonyl (C=O) groups excluding carboxylic acids is 1. The van der Waals surface area contributed by atoms with Crippen molar-refractivity contribution in [3.05, 3.63) is 0 Å². The van der Waals surface area contributed by atoms with Crippen LogP contribution in [0.4, 0.5) is 4.79 Å². The Morgan fingerprint density at radius 2 is 1.88 bits per heavy atom. The fourth-order valence-corrected chi connectivity index (χ4v) is 1.87. The van der Waals surface area contributed by atoms with Gasteiger partial charge >= 0.3 is 6.09 Å².